The molecule has 33 heavy (non-hydrogen) atoms. The van der Waals surface area contributed by atoms with E-state index >= 15 is 0 Å². The van der Waals surface area contributed by atoms with Gasteiger partial charge in [0.05, 0.1) is 12.1 Å². The molecule has 204 valence electrons. The predicted molar refractivity (Wildman–Crippen MR) is 144 cm³/mol. The summed E-state index contributed by atoms with van der Waals surface area (Å²) >= 11 is 7.48. The molecular formula is C18H49N7O6S2. The second-order valence-corrected chi connectivity index (χ2v) is 4.30. The van der Waals surface area contributed by atoms with Crippen molar-refractivity contribution in [3.63, 3.8) is 0 Å². The Balaban J connectivity index is -0.0000000291. The molecule has 0 heterocycles. The number of nitrogens with two attached hydrogens (primary N) is 7. The lowest BCUT2D eigenvalue weighted by Gasteiger charge is -1.90. The van der Waals surface area contributed by atoms with Gasteiger partial charge in [-0.2, -0.15) is 25.3 Å². The summed E-state index contributed by atoms with van der Waals surface area (Å²) in [6.45, 7) is 4.56. The number of thiol groups is 2. The summed E-state index contributed by atoms with van der Waals surface area (Å²) in [6, 6.07) is -0.762. The summed E-state index contributed by atoms with van der Waals surface area (Å²) in [5, 5.41) is 0. The van der Waals surface area contributed by atoms with Gasteiger partial charge in [0.1, 0.15) is 37.7 Å². The minimum Gasteiger partial charge on any atom is -0.333 e. The first-order valence-electron chi connectivity index (χ1n) is 9.04. The van der Waals surface area contributed by atoms with Gasteiger partial charge in [-0.1, -0.05) is 21.3 Å². The first-order valence-corrected chi connectivity index (χ1v) is 10.3. The molecule has 0 amide bonds. The Morgan fingerprint density at radius 3 is 0.697 bits per heavy atom. The molecule has 0 aliphatic rings. The van der Waals surface area contributed by atoms with Gasteiger partial charge in [-0.25, -0.2) is 0 Å². The van der Waals surface area contributed by atoms with Crippen molar-refractivity contribution in [2.75, 3.05) is 44.7 Å². The fraction of sp³-hybridized carbons (Fsp3) is 0.667. The molecule has 2 atom stereocenters. The van der Waals surface area contributed by atoms with Crippen LogP contribution in [0.25, 0.3) is 0 Å². The maximum absolute atomic E-state index is 9.56. The van der Waals surface area contributed by atoms with Crippen molar-refractivity contribution >= 4 is 63.0 Å². The van der Waals surface area contributed by atoms with Gasteiger partial charge in [0.25, 0.3) is 0 Å². The Hall–Kier alpha value is -1.56. The third-order valence-electron chi connectivity index (χ3n) is 1.16. The van der Waals surface area contributed by atoms with Gasteiger partial charge >= 0.3 is 0 Å². The van der Waals surface area contributed by atoms with Crippen LogP contribution in [-0.2, 0) is 28.8 Å². The normalized spacial score (nSPS) is 8.36. The predicted octanol–water partition coefficient (Wildman–Crippen LogP) is -3.30. The SMILES string of the molecule is C.CC.CN.NCC=O.NCC=O.NCC=O.NCC=O.N[C@H](C=O)CS.N[C@H](C=O)CS. The number of hydrogen-bond acceptors (Lipinski definition) is 15. The van der Waals surface area contributed by atoms with Gasteiger partial charge in [0.2, 0.25) is 0 Å². The van der Waals surface area contributed by atoms with Crippen molar-refractivity contribution in [2.45, 2.75) is 33.4 Å². The summed E-state index contributed by atoms with van der Waals surface area (Å²) in [7, 11) is 1.50. The quantitative estimate of drug-likeness (QED) is 0.111. The zero-order valence-corrected chi connectivity index (χ0v) is 21.0. The first kappa shape index (κ1) is 57.9. The molecule has 0 aromatic carbocycles. The lowest BCUT2D eigenvalue weighted by molar-refractivity contribution is -0.109. The highest BCUT2D eigenvalue weighted by Crippen LogP contribution is 1.74. The molecule has 0 aromatic rings. The summed E-state index contributed by atoms with van der Waals surface area (Å²) in [6.07, 6.45) is 3.96. The maximum atomic E-state index is 9.56. The number of hydrogen-bond donors (Lipinski definition) is 9. The number of aldehydes is 6. The van der Waals surface area contributed by atoms with E-state index in [1.54, 1.807) is 0 Å². The van der Waals surface area contributed by atoms with E-state index in [9.17, 15) is 9.59 Å². The van der Waals surface area contributed by atoms with E-state index in [0.29, 0.717) is 49.2 Å². The molecule has 0 fully saturated rings. The highest BCUT2D eigenvalue weighted by atomic mass is 32.1. The third-order valence-corrected chi connectivity index (χ3v) is 2.00. The number of rotatable bonds is 8. The molecule has 0 saturated carbocycles. The van der Waals surface area contributed by atoms with Crippen molar-refractivity contribution in [2.24, 2.45) is 40.1 Å². The fourth-order valence-electron chi connectivity index (χ4n) is 0.0861. The van der Waals surface area contributed by atoms with E-state index in [2.05, 4.69) is 53.9 Å². The van der Waals surface area contributed by atoms with Crippen LogP contribution in [0.1, 0.15) is 21.3 Å². The Bertz CT molecular complexity index is 291. The average molecular weight is 524 g/mol. The molecule has 0 unspecified atom stereocenters. The van der Waals surface area contributed by atoms with Crippen LogP contribution in [0.4, 0.5) is 0 Å². The molecule has 13 nitrogen and oxygen atoms in total. The second kappa shape index (κ2) is 97.6. The summed E-state index contributed by atoms with van der Waals surface area (Å²) in [5.74, 6) is 0.868. The van der Waals surface area contributed by atoms with Crippen molar-refractivity contribution in [3.05, 3.63) is 0 Å². The molecule has 0 aliphatic carbocycles. The van der Waals surface area contributed by atoms with E-state index in [1.165, 1.54) is 7.05 Å². The van der Waals surface area contributed by atoms with Crippen LogP contribution in [0.2, 0.25) is 0 Å². The lowest BCUT2D eigenvalue weighted by Crippen LogP contribution is -2.22. The second-order valence-electron chi connectivity index (χ2n) is 3.57. The van der Waals surface area contributed by atoms with Gasteiger partial charge < -0.3 is 68.9 Å². The highest BCUT2D eigenvalue weighted by Gasteiger charge is 1.90. The molecule has 0 spiro atoms. The van der Waals surface area contributed by atoms with Crippen LogP contribution in [0, 0.1) is 0 Å². The van der Waals surface area contributed by atoms with Crippen molar-refractivity contribution in [1.82, 2.24) is 0 Å². The average Bonchev–Trinajstić information content (AvgIpc) is 2.90. The lowest BCUT2D eigenvalue weighted by atomic mass is 10.4. The van der Waals surface area contributed by atoms with Crippen LogP contribution < -0.4 is 40.1 Å². The molecule has 0 rings (SSSR count). The standard InChI is InChI=1S/2C3H7NOS.4C2H5NO.C2H6.CH5N.CH4/c2*4-3(1-5)2-6;4*3-1-2-4;2*1-2;/h2*1,3,6H,2,4H2;4*2H,1,3H2;1-2H3;2H2,1H3;1H4/t2*3-;;;;;;;/m11......./s1. The number of carbonyl (C=O) groups excluding carboxylic acids is 6. The zero-order valence-electron chi connectivity index (χ0n) is 19.2. The first-order chi connectivity index (χ1) is 15.3. The smallest absolute Gasteiger partial charge is 0.137 e. The van der Waals surface area contributed by atoms with E-state index in [0.717, 1.165) is 0 Å². The van der Waals surface area contributed by atoms with E-state index in [4.69, 9.17) is 30.6 Å². The van der Waals surface area contributed by atoms with Crippen LogP contribution >= 0.6 is 25.3 Å². The molecule has 0 bridgehead atoms. The monoisotopic (exact) mass is 523 g/mol. The van der Waals surface area contributed by atoms with Crippen LogP contribution in [0.5, 0.6) is 0 Å². The molecule has 0 aromatic heterocycles. The van der Waals surface area contributed by atoms with Crippen molar-refractivity contribution in [1.29, 1.82) is 0 Å². The topological polar surface area (TPSA) is 285 Å². The minimum atomic E-state index is -0.381. The Labute approximate surface area is 210 Å². The highest BCUT2D eigenvalue weighted by molar-refractivity contribution is 7.80. The van der Waals surface area contributed by atoms with Gasteiger partial charge in [-0.05, 0) is 7.05 Å². The fourth-order valence-corrected chi connectivity index (χ4v) is 0.258. The van der Waals surface area contributed by atoms with Gasteiger partial charge in [0, 0.05) is 37.7 Å². The zero-order chi connectivity index (χ0) is 27.6. The minimum absolute atomic E-state index is 0. The summed E-state index contributed by atoms with van der Waals surface area (Å²) < 4.78 is 0. The summed E-state index contributed by atoms with van der Waals surface area (Å²) in [5.41, 5.74) is 33.2. The van der Waals surface area contributed by atoms with E-state index in [1.807, 2.05) is 13.8 Å². The molecule has 0 radical (unpaired) electrons. The van der Waals surface area contributed by atoms with E-state index in [-0.39, 0.29) is 45.7 Å². The Kier molecular flexibility index (Phi) is 171. The van der Waals surface area contributed by atoms with Crippen LogP contribution in [-0.4, -0.2) is 94.5 Å². The van der Waals surface area contributed by atoms with Gasteiger partial charge in [-0.3, -0.25) is 0 Å². The molecule has 15 heteroatoms. The maximum Gasteiger partial charge on any atom is 0.137 e. The third kappa shape index (κ3) is 226. The summed E-state index contributed by atoms with van der Waals surface area (Å²) in [4.78, 5) is 55.3. The molecular weight excluding hydrogens is 474 g/mol. The molecule has 14 N–H and O–H groups in total. The van der Waals surface area contributed by atoms with Crippen LogP contribution in [0.3, 0.4) is 0 Å². The largest absolute Gasteiger partial charge is 0.333 e. The Morgan fingerprint density at radius 2 is 0.697 bits per heavy atom. The van der Waals surface area contributed by atoms with Gasteiger partial charge in [0.15, 0.2) is 0 Å². The van der Waals surface area contributed by atoms with Gasteiger partial charge in [-0.15, -0.1) is 0 Å². The van der Waals surface area contributed by atoms with E-state index < -0.39 is 0 Å². The van der Waals surface area contributed by atoms with Crippen molar-refractivity contribution in [3.8, 4) is 0 Å². The Morgan fingerprint density at radius 1 is 0.576 bits per heavy atom. The number of carbonyl (C=O) groups is 6. The van der Waals surface area contributed by atoms with Crippen LogP contribution in [0.15, 0.2) is 0 Å². The molecule has 0 saturated heterocycles. The van der Waals surface area contributed by atoms with Crippen molar-refractivity contribution < 1.29 is 28.8 Å². The molecule has 0 aliphatic heterocycles.